The van der Waals surface area contributed by atoms with Crippen LogP contribution in [0.4, 0.5) is 11.4 Å². The highest BCUT2D eigenvalue weighted by molar-refractivity contribution is 5.92. The standard InChI is InChI=1S/C17H20N2O2/c1-11-8-13(3)17(14(18)9-11)21-10-16(20)19-15-7-5-4-6-12(15)2/h4-9H,10,18H2,1-3H3,(H,19,20). The third kappa shape index (κ3) is 3.75. The molecule has 2 aromatic carbocycles. The van der Waals surface area contributed by atoms with E-state index in [4.69, 9.17) is 10.5 Å². The summed E-state index contributed by atoms with van der Waals surface area (Å²) >= 11 is 0. The largest absolute Gasteiger partial charge is 0.481 e. The molecule has 0 saturated carbocycles. The van der Waals surface area contributed by atoms with Crippen LogP contribution in [0.3, 0.4) is 0 Å². The molecule has 4 nitrogen and oxygen atoms in total. The van der Waals surface area contributed by atoms with Gasteiger partial charge in [0.1, 0.15) is 5.75 Å². The maximum Gasteiger partial charge on any atom is 0.262 e. The van der Waals surface area contributed by atoms with Crippen molar-refractivity contribution in [3.8, 4) is 5.75 Å². The smallest absolute Gasteiger partial charge is 0.262 e. The number of amides is 1. The number of para-hydroxylation sites is 1. The molecule has 3 N–H and O–H groups in total. The fourth-order valence-electron chi connectivity index (χ4n) is 2.22. The lowest BCUT2D eigenvalue weighted by atomic mass is 10.1. The van der Waals surface area contributed by atoms with Gasteiger partial charge in [0, 0.05) is 5.69 Å². The normalized spacial score (nSPS) is 10.2. The summed E-state index contributed by atoms with van der Waals surface area (Å²) in [5.74, 6) is 0.365. The lowest BCUT2D eigenvalue weighted by Gasteiger charge is -2.13. The second kappa shape index (κ2) is 6.31. The summed E-state index contributed by atoms with van der Waals surface area (Å²) in [6.45, 7) is 5.76. The Morgan fingerprint density at radius 3 is 2.52 bits per heavy atom. The third-order valence-corrected chi connectivity index (χ3v) is 3.21. The van der Waals surface area contributed by atoms with Crippen molar-refractivity contribution in [2.45, 2.75) is 20.8 Å². The molecule has 0 heterocycles. The Balaban J connectivity index is 2.01. The van der Waals surface area contributed by atoms with Gasteiger partial charge in [-0.2, -0.15) is 0 Å². The van der Waals surface area contributed by atoms with Gasteiger partial charge in [-0.05, 0) is 49.6 Å². The molecule has 110 valence electrons. The summed E-state index contributed by atoms with van der Waals surface area (Å²) < 4.78 is 5.56. The number of hydrogen-bond donors (Lipinski definition) is 2. The van der Waals surface area contributed by atoms with Crippen LogP contribution in [-0.4, -0.2) is 12.5 Å². The van der Waals surface area contributed by atoms with Gasteiger partial charge in [0.05, 0.1) is 5.69 Å². The van der Waals surface area contributed by atoms with Gasteiger partial charge >= 0.3 is 0 Å². The molecule has 4 heteroatoms. The van der Waals surface area contributed by atoms with Crippen molar-refractivity contribution in [2.24, 2.45) is 0 Å². The van der Waals surface area contributed by atoms with Crippen LogP contribution in [0.5, 0.6) is 5.75 Å². The average molecular weight is 284 g/mol. The maximum atomic E-state index is 12.0. The third-order valence-electron chi connectivity index (χ3n) is 3.21. The molecule has 0 unspecified atom stereocenters. The van der Waals surface area contributed by atoms with E-state index in [0.717, 1.165) is 22.4 Å². The molecule has 2 aromatic rings. The molecule has 0 bridgehead atoms. The van der Waals surface area contributed by atoms with E-state index in [0.29, 0.717) is 11.4 Å². The van der Waals surface area contributed by atoms with E-state index in [2.05, 4.69) is 5.32 Å². The Bertz CT molecular complexity index is 643. The molecule has 0 fully saturated rings. The van der Waals surface area contributed by atoms with Gasteiger partial charge in [-0.1, -0.05) is 24.3 Å². The Morgan fingerprint density at radius 2 is 1.86 bits per heavy atom. The van der Waals surface area contributed by atoms with E-state index in [1.165, 1.54) is 0 Å². The molecule has 0 aliphatic heterocycles. The molecule has 0 atom stereocenters. The minimum absolute atomic E-state index is 0.0670. The Labute approximate surface area is 124 Å². The number of aryl methyl sites for hydroxylation is 3. The quantitative estimate of drug-likeness (QED) is 0.847. The molecule has 0 aliphatic carbocycles. The molecule has 0 radical (unpaired) electrons. The molecule has 2 rings (SSSR count). The van der Waals surface area contributed by atoms with Crippen LogP contribution >= 0.6 is 0 Å². The fourth-order valence-corrected chi connectivity index (χ4v) is 2.22. The maximum absolute atomic E-state index is 12.0. The second-order valence-corrected chi connectivity index (χ2v) is 5.15. The first-order valence-electron chi connectivity index (χ1n) is 6.82. The minimum Gasteiger partial charge on any atom is -0.481 e. The van der Waals surface area contributed by atoms with Crippen LogP contribution in [0.25, 0.3) is 0 Å². The zero-order chi connectivity index (χ0) is 15.4. The number of nitrogen functional groups attached to an aromatic ring is 1. The number of carbonyl (C=O) groups excluding carboxylic acids is 1. The van der Waals surface area contributed by atoms with Crippen LogP contribution in [0, 0.1) is 20.8 Å². The van der Waals surface area contributed by atoms with Gasteiger partial charge in [-0.25, -0.2) is 0 Å². The Kier molecular flexibility index (Phi) is 4.48. The monoisotopic (exact) mass is 284 g/mol. The van der Waals surface area contributed by atoms with Gasteiger partial charge in [0.15, 0.2) is 6.61 Å². The highest BCUT2D eigenvalue weighted by Gasteiger charge is 2.09. The first-order valence-corrected chi connectivity index (χ1v) is 6.82. The van der Waals surface area contributed by atoms with Crippen LogP contribution in [-0.2, 0) is 4.79 Å². The summed E-state index contributed by atoms with van der Waals surface area (Å²) in [5.41, 5.74) is 10.3. The van der Waals surface area contributed by atoms with Crippen molar-refractivity contribution in [1.82, 2.24) is 0 Å². The molecule has 0 saturated heterocycles. The number of hydrogen-bond acceptors (Lipinski definition) is 3. The van der Waals surface area contributed by atoms with Crippen molar-refractivity contribution in [3.63, 3.8) is 0 Å². The summed E-state index contributed by atoms with van der Waals surface area (Å²) in [5, 5.41) is 2.83. The summed E-state index contributed by atoms with van der Waals surface area (Å²) in [6, 6.07) is 11.4. The van der Waals surface area contributed by atoms with Gasteiger partial charge in [-0.15, -0.1) is 0 Å². The number of carbonyl (C=O) groups is 1. The van der Waals surface area contributed by atoms with Gasteiger partial charge in [0.25, 0.3) is 5.91 Å². The van der Waals surface area contributed by atoms with Crippen molar-refractivity contribution in [2.75, 3.05) is 17.7 Å². The Hall–Kier alpha value is -2.49. The molecule has 1 amide bonds. The number of rotatable bonds is 4. The summed E-state index contributed by atoms with van der Waals surface area (Å²) in [4.78, 5) is 12.0. The topological polar surface area (TPSA) is 64.3 Å². The average Bonchev–Trinajstić information content (AvgIpc) is 2.40. The molecule has 0 spiro atoms. The first-order chi connectivity index (χ1) is 9.97. The first kappa shape index (κ1) is 14.9. The van der Waals surface area contributed by atoms with E-state index in [9.17, 15) is 4.79 Å². The van der Waals surface area contributed by atoms with E-state index in [-0.39, 0.29) is 12.5 Å². The van der Waals surface area contributed by atoms with Crippen molar-refractivity contribution in [1.29, 1.82) is 0 Å². The molecule has 21 heavy (non-hydrogen) atoms. The summed E-state index contributed by atoms with van der Waals surface area (Å²) in [7, 11) is 0. The van der Waals surface area contributed by atoms with E-state index < -0.39 is 0 Å². The predicted octanol–water partition coefficient (Wildman–Crippen LogP) is 3.21. The lowest BCUT2D eigenvalue weighted by molar-refractivity contribution is -0.118. The van der Waals surface area contributed by atoms with Crippen LogP contribution in [0.15, 0.2) is 36.4 Å². The molecule has 0 aliphatic rings. The number of nitrogens with two attached hydrogens (primary N) is 1. The zero-order valence-electron chi connectivity index (χ0n) is 12.6. The van der Waals surface area contributed by atoms with Crippen molar-refractivity contribution >= 4 is 17.3 Å². The van der Waals surface area contributed by atoms with Crippen LogP contribution in [0.1, 0.15) is 16.7 Å². The number of ether oxygens (including phenoxy) is 1. The van der Waals surface area contributed by atoms with Gasteiger partial charge in [-0.3, -0.25) is 4.79 Å². The predicted molar refractivity (Wildman–Crippen MR) is 85.6 cm³/mol. The zero-order valence-corrected chi connectivity index (χ0v) is 12.6. The van der Waals surface area contributed by atoms with Crippen molar-refractivity contribution in [3.05, 3.63) is 53.1 Å². The SMILES string of the molecule is Cc1cc(C)c(OCC(=O)Nc2ccccc2C)c(N)c1. The number of anilines is 2. The molecular weight excluding hydrogens is 264 g/mol. The van der Waals surface area contributed by atoms with Crippen LogP contribution < -0.4 is 15.8 Å². The van der Waals surface area contributed by atoms with Crippen LogP contribution in [0.2, 0.25) is 0 Å². The van der Waals surface area contributed by atoms with E-state index in [1.807, 2.05) is 57.2 Å². The van der Waals surface area contributed by atoms with Gasteiger partial charge < -0.3 is 15.8 Å². The van der Waals surface area contributed by atoms with E-state index >= 15 is 0 Å². The molecular formula is C17H20N2O2. The lowest BCUT2D eigenvalue weighted by Crippen LogP contribution is -2.21. The number of benzene rings is 2. The van der Waals surface area contributed by atoms with E-state index in [1.54, 1.807) is 0 Å². The summed E-state index contributed by atoms with van der Waals surface area (Å²) in [6.07, 6.45) is 0. The fraction of sp³-hybridized carbons (Fsp3) is 0.235. The number of nitrogens with one attached hydrogen (secondary N) is 1. The second-order valence-electron chi connectivity index (χ2n) is 5.15. The minimum atomic E-state index is -0.205. The van der Waals surface area contributed by atoms with Gasteiger partial charge in [0.2, 0.25) is 0 Å². The molecule has 0 aromatic heterocycles. The highest BCUT2D eigenvalue weighted by Crippen LogP contribution is 2.27. The van der Waals surface area contributed by atoms with Crippen molar-refractivity contribution < 1.29 is 9.53 Å². The highest BCUT2D eigenvalue weighted by atomic mass is 16.5. The Morgan fingerprint density at radius 1 is 1.14 bits per heavy atom.